The van der Waals surface area contributed by atoms with E-state index in [9.17, 15) is 9.18 Å². The maximum atomic E-state index is 13.2. The van der Waals surface area contributed by atoms with Crippen molar-refractivity contribution in [2.75, 3.05) is 0 Å². The summed E-state index contributed by atoms with van der Waals surface area (Å²) in [6.07, 6.45) is 2.85. The lowest BCUT2D eigenvalue weighted by Gasteiger charge is -2.09. The van der Waals surface area contributed by atoms with Crippen molar-refractivity contribution in [2.24, 2.45) is 0 Å². The Morgan fingerprint density at radius 3 is 2.90 bits per heavy atom. The minimum absolute atomic E-state index is 0.251. The Morgan fingerprint density at radius 2 is 2.05 bits per heavy atom. The predicted molar refractivity (Wildman–Crippen MR) is 76.5 cm³/mol. The number of hydrogen-bond donors (Lipinski definition) is 0. The van der Waals surface area contributed by atoms with Gasteiger partial charge < -0.3 is 4.57 Å². The van der Waals surface area contributed by atoms with Crippen molar-refractivity contribution in [3.63, 3.8) is 0 Å². The van der Waals surface area contributed by atoms with Crippen LogP contribution in [0, 0.1) is 5.82 Å². The van der Waals surface area contributed by atoms with Gasteiger partial charge in [-0.1, -0.05) is 17.7 Å². The van der Waals surface area contributed by atoms with Gasteiger partial charge in [-0.3, -0.25) is 9.78 Å². The Kier molecular flexibility index (Phi) is 3.24. The van der Waals surface area contributed by atoms with E-state index in [4.69, 9.17) is 11.6 Å². The van der Waals surface area contributed by atoms with Gasteiger partial charge in [0.15, 0.2) is 0 Å². The molecule has 0 aliphatic heterocycles. The molecule has 0 saturated carbocycles. The molecule has 0 spiro atoms. The van der Waals surface area contributed by atoms with Crippen LogP contribution in [-0.2, 0) is 6.54 Å². The molecule has 0 radical (unpaired) electrons. The minimum Gasteiger partial charge on any atom is -0.308 e. The van der Waals surface area contributed by atoms with Crippen LogP contribution >= 0.6 is 11.6 Å². The highest BCUT2D eigenvalue weighted by atomic mass is 35.5. The van der Waals surface area contributed by atoms with Gasteiger partial charge in [-0.15, -0.1) is 0 Å². The molecule has 0 saturated heterocycles. The third kappa shape index (κ3) is 2.30. The Balaban J connectivity index is 2.14. The number of halogens is 2. The zero-order valence-electron chi connectivity index (χ0n) is 10.4. The fourth-order valence-corrected chi connectivity index (χ4v) is 2.35. The fourth-order valence-electron chi connectivity index (χ4n) is 2.13. The van der Waals surface area contributed by atoms with Crippen LogP contribution in [0.3, 0.4) is 0 Å². The van der Waals surface area contributed by atoms with Crippen molar-refractivity contribution in [1.29, 1.82) is 0 Å². The van der Waals surface area contributed by atoms with Crippen LogP contribution in [0.15, 0.2) is 53.6 Å². The van der Waals surface area contributed by atoms with Gasteiger partial charge in [0, 0.05) is 28.9 Å². The first-order valence-corrected chi connectivity index (χ1v) is 6.41. The zero-order valence-corrected chi connectivity index (χ0v) is 11.1. The van der Waals surface area contributed by atoms with Crippen LogP contribution in [0.1, 0.15) is 5.56 Å². The monoisotopic (exact) mass is 288 g/mol. The number of aromatic nitrogens is 2. The first-order valence-electron chi connectivity index (χ1n) is 6.03. The van der Waals surface area contributed by atoms with E-state index in [2.05, 4.69) is 4.98 Å². The van der Waals surface area contributed by atoms with E-state index in [1.807, 2.05) is 6.07 Å². The highest BCUT2D eigenvalue weighted by molar-refractivity contribution is 6.35. The minimum atomic E-state index is -0.448. The summed E-state index contributed by atoms with van der Waals surface area (Å²) in [6.45, 7) is 0.251. The predicted octanol–water partition coefficient (Wildman–Crippen LogP) is 3.24. The number of pyridine rings is 2. The first kappa shape index (κ1) is 12.8. The fraction of sp³-hybridized carbons (Fsp3) is 0.0667. The molecule has 0 atom stereocenters. The molecule has 20 heavy (non-hydrogen) atoms. The average molecular weight is 289 g/mol. The topological polar surface area (TPSA) is 34.9 Å². The molecular formula is C15H10ClFN2O. The number of fused-ring (bicyclic) bond motifs is 1. The summed E-state index contributed by atoms with van der Waals surface area (Å²) in [7, 11) is 0. The molecule has 3 rings (SSSR count). The Hall–Kier alpha value is -2.20. The quantitative estimate of drug-likeness (QED) is 0.725. The summed E-state index contributed by atoms with van der Waals surface area (Å²) in [5.74, 6) is -0.448. The number of benzene rings is 1. The second kappa shape index (κ2) is 5.06. The van der Waals surface area contributed by atoms with Crippen LogP contribution < -0.4 is 5.56 Å². The van der Waals surface area contributed by atoms with Gasteiger partial charge in [-0.2, -0.15) is 0 Å². The summed E-state index contributed by atoms with van der Waals surface area (Å²) in [6, 6.07) is 9.58. The van der Waals surface area contributed by atoms with E-state index in [-0.39, 0.29) is 12.1 Å². The summed E-state index contributed by atoms with van der Waals surface area (Å²) in [4.78, 5) is 16.0. The molecule has 1 aromatic carbocycles. The summed E-state index contributed by atoms with van der Waals surface area (Å²) >= 11 is 6.12. The Morgan fingerprint density at radius 1 is 1.20 bits per heavy atom. The number of hydrogen-bond acceptors (Lipinski definition) is 2. The molecule has 100 valence electrons. The van der Waals surface area contributed by atoms with Crippen molar-refractivity contribution < 1.29 is 4.39 Å². The Bertz CT molecular complexity index is 845. The third-order valence-corrected chi connectivity index (χ3v) is 3.42. The van der Waals surface area contributed by atoms with E-state index in [0.717, 1.165) is 22.5 Å². The van der Waals surface area contributed by atoms with Gasteiger partial charge in [0.1, 0.15) is 5.82 Å². The molecule has 0 N–H and O–H groups in total. The van der Waals surface area contributed by atoms with Crippen molar-refractivity contribution in [3.05, 3.63) is 75.5 Å². The molecule has 0 amide bonds. The van der Waals surface area contributed by atoms with Crippen molar-refractivity contribution in [1.82, 2.24) is 9.55 Å². The molecular weight excluding hydrogens is 279 g/mol. The van der Waals surface area contributed by atoms with Crippen molar-refractivity contribution in [2.45, 2.75) is 6.54 Å². The molecule has 0 unspecified atom stereocenters. The maximum Gasteiger partial charge on any atom is 0.251 e. The molecule has 3 nitrogen and oxygen atoms in total. The molecule has 0 fully saturated rings. The second-order valence-corrected chi connectivity index (χ2v) is 4.83. The third-order valence-electron chi connectivity index (χ3n) is 3.09. The van der Waals surface area contributed by atoms with Gasteiger partial charge >= 0.3 is 0 Å². The van der Waals surface area contributed by atoms with Crippen LogP contribution in [0.2, 0.25) is 5.02 Å². The van der Waals surface area contributed by atoms with Gasteiger partial charge in [0.25, 0.3) is 5.56 Å². The van der Waals surface area contributed by atoms with Crippen LogP contribution in [0.25, 0.3) is 10.9 Å². The second-order valence-electron chi connectivity index (χ2n) is 4.42. The SMILES string of the molecule is O=c1ccc(F)cn1Cc1ccc(Cl)c2cccnc12. The van der Waals surface area contributed by atoms with Crippen molar-refractivity contribution in [3.8, 4) is 0 Å². The van der Waals surface area contributed by atoms with Crippen LogP contribution in [0.4, 0.5) is 4.39 Å². The average Bonchev–Trinajstić information content (AvgIpc) is 2.46. The molecule has 3 aromatic rings. The van der Waals surface area contributed by atoms with Crippen LogP contribution in [0.5, 0.6) is 0 Å². The smallest absolute Gasteiger partial charge is 0.251 e. The number of nitrogens with zero attached hydrogens (tertiary/aromatic N) is 2. The molecule has 0 aliphatic rings. The van der Waals surface area contributed by atoms with Gasteiger partial charge in [-0.25, -0.2) is 4.39 Å². The lowest BCUT2D eigenvalue weighted by atomic mass is 10.1. The largest absolute Gasteiger partial charge is 0.308 e. The lowest BCUT2D eigenvalue weighted by molar-refractivity contribution is 0.596. The van der Waals surface area contributed by atoms with Crippen LogP contribution in [-0.4, -0.2) is 9.55 Å². The molecule has 5 heteroatoms. The Labute approximate surface area is 119 Å². The number of rotatable bonds is 2. The summed E-state index contributed by atoms with van der Waals surface area (Å²) in [5, 5.41) is 1.42. The molecule has 2 heterocycles. The van der Waals surface area contributed by atoms with E-state index in [0.29, 0.717) is 5.02 Å². The highest BCUT2D eigenvalue weighted by Gasteiger charge is 2.07. The normalized spacial score (nSPS) is 10.9. The first-order chi connectivity index (χ1) is 9.65. The summed E-state index contributed by atoms with van der Waals surface area (Å²) < 4.78 is 14.5. The molecule has 0 aliphatic carbocycles. The van der Waals surface area contributed by atoms with Crippen molar-refractivity contribution >= 4 is 22.5 Å². The van der Waals surface area contributed by atoms with E-state index >= 15 is 0 Å². The van der Waals surface area contributed by atoms with E-state index in [1.165, 1.54) is 16.8 Å². The molecule has 0 bridgehead atoms. The van der Waals surface area contributed by atoms with Gasteiger partial charge in [0.2, 0.25) is 0 Å². The standard InChI is InChI=1S/C15H10ClFN2O/c16-13-5-3-10(15-12(13)2-1-7-18-15)8-19-9-11(17)4-6-14(19)20/h1-7,9H,8H2. The maximum absolute atomic E-state index is 13.2. The van der Waals surface area contributed by atoms with Gasteiger partial charge in [-0.05, 0) is 29.8 Å². The van der Waals surface area contributed by atoms with E-state index < -0.39 is 5.82 Å². The lowest BCUT2D eigenvalue weighted by Crippen LogP contribution is -2.19. The van der Waals surface area contributed by atoms with E-state index in [1.54, 1.807) is 24.4 Å². The molecule has 2 aromatic heterocycles. The zero-order chi connectivity index (χ0) is 14.1. The highest BCUT2D eigenvalue weighted by Crippen LogP contribution is 2.25. The van der Waals surface area contributed by atoms with Gasteiger partial charge in [0.05, 0.1) is 12.1 Å². The summed E-state index contributed by atoms with van der Waals surface area (Å²) in [5.41, 5.74) is 1.28.